The van der Waals surface area contributed by atoms with Crippen LogP contribution in [0.2, 0.25) is 5.02 Å². The van der Waals surface area contributed by atoms with Gasteiger partial charge in [-0.25, -0.2) is 4.98 Å². The molecule has 0 saturated carbocycles. The normalized spacial score (nSPS) is 20.8. The smallest absolute Gasteiger partial charge is 0.119 e. The molecule has 1 saturated heterocycles. The Bertz CT molecular complexity index is 792. The highest BCUT2D eigenvalue weighted by Crippen LogP contribution is 2.37. The fourth-order valence-electron chi connectivity index (χ4n) is 3.85. The van der Waals surface area contributed by atoms with Crippen LogP contribution in [0.5, 0.6) is 0 Å². The van der Waals surface area contributed by atoms with Crippen molar-refractivity contribution in [3.8, 4) is 0 Å². The molecule has 1 fully saturated rings. The van der Waals surface area contributed by atoms with Crippen LogP contribution in [0.1, 0.15) is 38.3 Å². The summed E-state index contributed by atoms with van der Waals surface area (Å²) in [5.74, 6) is 8.09. The van der Waals surface area contributed by atoms with Crippen molar-refractivity contribution in [3.05, 3.63) is 41.5 Å². The number of anilines is 1. The lowest BCUT2D eigenvalue weighted by atomic mass is 9.98. The molecule has 1 atom stereocenters. The third kappa shape index (κ3) is 2.88. The topological polar surface area (TPSA) is 53.0 Å². The molecule has 2 N–H and O–H groups in total. The van der Waals surface area contributed by atoms with Crippen LogP contribution >= 0.6 is 11.6 Å². The molecular formula is C18H25ClN6. The number of fused-ring (bicyclic) bond motifs is 1. The average molecular weight is 361 g/mol. The summed E-state index contributed by atoms with van der Waals surface area (Å²) in [6.07, 6.45) is 10.2. The Morgan fingerprint density at radius 3 is 2.76 bits per heavy atom. The molecule has 0 spiro atoms. The number of hydrogen-bond donors (Lipinski definition) is 1. The quantitative estimate of drug-likeness (QED) is 0.852. The Labute approximate surface area is 153 Å². The number of halogens is 1. The van der Waals surface area contributed by atoms with Crippen LogP contribution in [-0.4, -0.2) is 39.1 Å². The van der Waals surface area contributed by atoms with Gasteiger partial charge in [0.15, 0.2) is 0 Å². The molecule has 0 amide bonds. The average Bonchev–Trinajstić information content (AvgIpc) is 3.24. The Morgan fingerprint density at radius 1 is 1.32 bits per heavy atom. The Hall–Kier alpha value is -1.76. The Kier molecular flexibility index (Phi) is 4.35. The summed E-state index contributed by atoms with van der Waals surface area (Å²) in [6.45, 7) is 7.33. The van der Waals surface area contributed by atoms with Crippen molar-refractivity contribution in [2.45, 2.75) is 32.7 Å². The first-order valence-corrected chi connectivity index (χ1v) is 9.30. The first-order valence-electron chi connectivity index (χ1n) is 8.93. The van der Waals surface area contributed by atoms with E-state index >= 15 is 0 Å². The van der Waals surface area contributed by atoms with E-state index in [-0.39, 0.29) is 6.04 Å². The summed E-state index contributed by atoms with van der Waals surface area (Å²) < 4.78 is 2.13. The molecule has 2 aliphatic heterocycles. The van der Waals surface area contributed by atoms with Crippen molar-refractivity contribution in [2.75, 3.05) is 24.5 Å². The molecule has 0 aliphatic carbocycles. The fourth-order valence-corrected chi connectivity index (χ4v) is 4.11. The fraction of sp³-hybridized carbons (Fsp3) is 0.500. The van der Waals surface area contributed by atoms with Gasteiger partial charge in [0.1, 0.15) is 12.1 Å². The maximum Gasteiger partial charge on any atom is 0.119 e. The summed E-state index contributed by atoms with van der Waals surface area (Å²) in [4.78, 5) is 6.80. The van der Waals surface area contributed by atoms with E-state index in [1.165, 1.54) is 24.2 Å². The third-order valence-corrected chi connectivity index (χ3v) is 5.73. The second kappa shape index (κ2) is 6.52. The zero-order valence-corrected chi connectivity index (χ0v) is 15.5. The van der Waals surface area contributed by atoms with Gasteiger partial charge in [0.25, 0.3) is 0 Å². The second-order valence-electron chi connectivity index (χ2n) is 7.15. The van der Waals surface area contributed by atoms with Gasteiger partial charge in [-0.1, -0.05) is 18.5 Å². The van der Waals surface area contributed by atoms with E-state index in [0.29, 0.717) is 0 Å². The standard InChI is InChI=1S/C18H25ClN6/c1-13-4-8-22(9-5-13)18-15(14(2)24-6-3-7-25(24)20)10-16(19)17-11-21-12-23(17)18/h3,6,10-14H,4-5,7-9,20H2,1-2H3. The minimum atomic E-state index is 0.0856. The zero-order chi connectivity index (χ0) is 17.6. The minimum absolute atomic E-state index is 0.0856. The van der Waals surface area contributed by atoms with Crippen molar-refractivity contribution in [2.24, 2.45) is 11.8 Å². The largest absolute Gasteiger partial charge is 0.357 e. The van der Waals surface area contributed by atoms with Crippen LogP contribution in [0.3, 0.4) is 0 Å². The number of rotatable bonds is 3. The number of imidazole rings is 1. The van der Waals surface area contributed by atoms with Gasteiger partial charge in [0, 0.05) is 24.9 Å². The number of piperidine rings is 1. The number of hydrogen-bond acceptors (Lipinski definition) is 5. The summed E-state index contributed by atoms with van der Waals surface area (Å²) in [7, 11) is 0. The Morgan fingerprint density at radius 2 is 2.08 bits per heavy atom. The summed E-state index contributed by atoms with van der Waals surface area (Å²) >= 11 is 6.56. The van der Waals surface area contributed by atoms with E-state index in [4.69, 9.17) is 17.4 Å². The van der Waals surface area contributed by atoms with Crippen LogP contribution in [0.25, 0.3) is 5.52 Å². The maximum absolute atomic E-state index is 6.56. The molecule has 25 heavy (non-hydrogen) atoms. The van der Waals surface area contributed by atoms with Gasteiger partial charge in [-0.05, 0) is 37.8 Å². The number of nitrogens with two attached hydrogens (primary N) is 1. The molecule has 134 valence electrons. The van der Waals surface area contributed by atoms with Crippen LogP contribution in [0.4, 0.5) is 5.82 Å². The Balaban J connectivity index is 1.82. The summed E-state index contributed by atoms with van der Waals surface area (Å²) in [5.41, 5.74) is 2.12. The van der Waals surface area contributed by atoms with Crippen molar-refractivity contribution >= 4 is 22.9 Å². The van der Waals surface area contributed by atoms with E-state index in [2.05, 4.69) is 45.3 Å². The van der Waals surface area contributed by atoms with Gasteiger partial charge in [-0.3, -0.25) is 15.3 Å². The van der Waals surface area contributed by atoms with Crippen molar-refractivity contribution in [3.63, 3.8) is 0 Å². The van der Waals surface area contributed by atoms with Crippen LogP contribution in [0, 0.1) is 5.92 Å². The lowest BCUT2D eigenvalue weighted by molar-refractivity contribution is 0.0158. The molecule has 0 bridgehead atoms. The highest BCUT2D eigenvalue weighted by Gasteiger charge is 2.28. The maximum atomic E-state index is 6.56. The van der Waals surface area contributed by atoms with E-state index in [1.807, 2.05) is 18.7 Å². The molecule has 1 unspecified atom stereocenters. The number of pyridine rings is 1. The monoisotopic (exact) mass is 360 g/mol. The van der Waals surface area contributed by atoms with E-state index in [1.54, 1.807) is 5.12 Å². The van der Waals surface area contributed by atoms with E-state index in [0.717, 1.165) is 36.1 Å². The van der Waals surface area contributed by atoms with Crippen molar-refractivity contribution in [1.29, 1.82) is 0 Å². The third-order valence-electron chi connectivity index (χ3n) is 5.43. The molecule has 7 heteroatoms. The predicted octanol–water partition coefficient (Wildman–Crippen LogP) is 3.21. The summed E-state index contributed by atoms with van der Waals surface area (Å²) in [5, 5.41) is 4.52. The summed E-state index contributed by atoms with van der Waals surface area (Å²) in [6, 6.07) is 2.17. The highest BCUT2D eigenvalue weighted by atomic mass is 35.5. The predicted molar refractivity (Wildman–Crippen MR) is 101 cm³/mol. The molecule has 6 nitrogen and oxygen atoms in total. The molecule has 2 aromatic rings. The van der Waals surface area contributed by atoms with Crippen LogP contribution in [0.15, 0.2) is 30.9 Å². The first kappa shape index (κ1) is 16.7. The number of aromatic nitrogens is 2. The van der Waals surface area contributed by atoms with Gasteiger partial charge in [0.2, 0.25) is 0 Å². The first-order chi connectivity index (χ1) is 12.1. The van der Waals surface area contributed by atoms with Crippen molar-refractivity contribution in [1.82, 2.24) is 19.5 Å². The number of nitrogens with zero attached hydrogens (tertiary/aromatic N) is 5. The van der Waals surface area contributed by atoms with Crippen LogP contribution < -0.4 is 10.7 Å². The van der Waals surface area contributed by atoms with Gasteiger partial charge >= 0.3 is 0 Å². The molecule has 2 aliphatic rings. The van der Waals surface area contributed by atoms with Gasteiger partial charge in [-0.15, -0.1) is 0 Å². The molecular weight excluding hydrogens is 336 g/mol. The van der Waals surface area contributed by atoms with E-state index < -0.39 is 0 Å². The molecule has 4 rings (SSSR count). The van der Waals surface area contributed by atoms with Gasteiger partial charge in [-0.2, -0.15) is 5.12 Å². The van der Waals surface area contributed by atoms with E-state index in [9.17, 15) is 0 Å². The lowest BCUT2D eigenvalue weighted by Crippen LogP contribution is -2.43. The SMILES string of the molecule is CC1CCN(c2c(C(C)N3C=CCN3N)cc(Cl)c3cncn23)CC1. The lowest BCUT2D eigenvalue weighted by Gasteiger charge is -2.37. The number of hydrazine groups is 2. The highest BCUT2D eigenvalue weighted by molar-refractivity contribution is 6.34. The zero-order valence-electron chi connectivity index (χ0n) is 14.8. The molecule has 0 radical (unpaired) electrons. The molecule has 2 aromatic heterocycles. The van der Waals surface area contributed by atoms with Crippen LogP contribution in [-0.2, 0) is 0 Å². The second-order valence-corrected chi connectivity index (χ2v) is 7.56. The molecule has 0 aromatic carbocycles. The minimum Gasteiger partial charge on any atom is -0.357 e. The van der Waals surface area contributed by atoms with Gasteiger partial charge < -0.3 is 4.90 Å². The molecule has 4 heterocycles. The van der Waals surface area contributed by atoms with Crippen molar-refractivity contribution < 1.29 is 0 Å². The van der Waals surface area contributed by atoms with Gasteiger partial charge in [0.05, 0.1) is 29.3 Å².